The van der Waals surface area contributed by atoms with E-state index >= 15 is 0 Å². The van der Waals surface area contributed by atoms with Gasteiger partial charge in [-0.2, -0.15) is 0 Å². The molecule has 1 atom stereocenters. The largest absolute Gasteiger partial charge is 0.389 e. The van der Waals surface area contributed by atoms with Crippen LogP contribution in [0.5, 0.6) is 0 Å². The molecule has 3 aromatic heterocycles. The molecule has 0 fully saturated rings. The molecule has 5 nitrogen and oxygen atoms in total. The van der Waals surface area contributed by atoms with E-state index in [0.29, 0.717) is 0 Å². The Morgan fingerprint density at radius 2 is 2.16 bits per heavy atom. The van der Waals surface area contributed by atoms with Crippen LogP contribution in [0.3, 0.4) is 0 Å². The number of nitrogens with zero attached hydrogens (tertiary/aromatic N) is 4. The van der Waals surface area contributed by atoms with Crippen LogP contribution in [0.4, 0.5) is 0 Å². The van der Waals surface area contributed by atoms with Gasteiger partial charge in [0.2, 0.25) is 5.16 Å². The Kier molecular flexibility index (Phi) is 3.18. The van der Waals surface area contributed by atoms with Crippen molar-refractivity contribution in [3.8, 4) is 0 Å². The zero-order chi connectivity index (χ0) is 13.2. The Morgan fingerprint density at radius 1 is 1.26 bits per heavy atom. The summed E-state index contributed by atoms with van der Waals surface area (Å²) in [6, 6.07) is 9.41. The third-order valence-electron chi connectivity index (χ3n) is 2.72. The molecule has 3 aromatic rings. The highest BCUT2D eigenvalue weighted by molar-refractivity contribution is 7.99. The van der Waals surface area contributed by atoms with Crippen LogP contribution in [-0.4, -0.2) is 24.7 Å². The van der Waals surface area contributed by atoms with E-state index in [9.17, 15) is 5.11 Å². The molecule has 0 aliphatic rings. The van der Waals surface area contributed by atoms with E-state index in [1.54, 1.807) is 19.2 Å². The van der Waals surface area contributed by atoms with Crippen molar-refractivity contribution >= 4 is 17.4 Å². The first-order chi connectivity index (χ1) is 9.24. The van der Waals surface area contributed by atoms with Crippen LogP contribution in [-0.2, 0) is 0 Å². The van der Waals surface area contributed by atoms with Gasteiger partial charge in [-0.3, -0.25) is 4.40 Å². The molecule has 0 unspecified atom stereocenters. The average Bonchev–Trinajstić information content (AvgIpc) is 2.83. The number of aromatic nitrogens is 4. The molecule has 0 radical (unpaired) electrons. The van der Waals surface area contributed by atoms with Crippen molar-refractivity contribution in [2.45, 2.75) is 23.2 Å². The topological polar surface area (TPSA) is 63.3 Å². The third-order valence-corrected chi connectivity index (χ3v) is 3.61. The summed E-state index contributed by atoms with van der Waals surface area (Å²) in [5.74, 6) is 0. The van der Waals surface area contributed by atoms with Crippen molar-refractivity contribution in [1.82, 2.24) is 19.6 Å². The van der Waals surface area contributed by atoms with Gasteiger partial charge in [-0.25, -0.2) is 4.98 Å². The average molecular weight is 272 g/mol. The van der Waals surface area contributed by atoms with Gasteiger partial charge < -0.3 is 5.11 Å². The van der Waals surface area contributed by atoms with Crippen molar-refractivity contribution < 1.29 is 5.11 Å². The predicted molar refractivity (Wildman–Crippen MR) is 72.0 cm³/mol. The molecule has 0 aliphatic carbocycles. The fourth-order valence-electron chi connectivity index (χ4n) is 1.72. The maximum Gasteiger partial charge on any atom is 0.201 e. The van der Waals surface area contributed by atoms with Crippen molar-refractivity contribution in [2.75, 3.05) is 0 Å². The van der Waals surface area contributed by atoms with Crippen LogP contribution < -0.4 is 0 Å². The molecule has 0 spiro atoms. The van der Waals surface area contributed by atoms with Gasteiger partial charge in [-0.15, -0.1) is 10.2 Å². The summed E-state index contributed by atoms with van der Waals surface area (Å²) in [6.45, 7) is 1.73. The van der Waals surface area contributed by atoms with Crippen molar-refractivity contribution in [1.29, 1.82) is 0 Å². The van der Waals surface area contributed by atoms with Gasteiger partial charge in [0.25, 0.3) is 0 Å². The lowest BCUT2D eigenvalue weighted by atomic mass is 10.2. The maximum atomic E-state index is 9.58. The SMILES string of the molecule is C[C@@H](O)c1ccnc(Sc2nnc3ccccn23)c1. The summed E-state index contributed by atoms with van der Waals surface area (Å²) in [6.07, 6.45) is 3.10. The van der Waals surface area contributed by atoms with E-state index in [1.165, 1.54) is 11.8 Å². The fraction of sp³-hybridized carbons (Fsp3) is 0.154. The Hall–Kier alpha value is -1.92. The summed E-state index contributed by atoms with van der Waals surface area (Å²) in [7, 11) is 0. The minimum atomic E-state index is -0.502. The van der Waals surface area contributed by atoms with Gasteiger partial charge in [0.1, 0.15) is 5.03 Å². The van der Waals surface area contributed by atoms with Crippen molar-refractivity contribution in [3.05, 3.63) is 48.3 Å². The molecular weight excluding hydrogens is 260 g/mol. The summed E-state index contributed by atoms with van der Waals surface area (Å²) in [5.41, 5.74) is 1.64. The molecule has 0 aliphatic heterocycles. The third kappa shape index (κ3) is 2.45. The lowest BCUT2D eigenvalue weighted by Crippen LogP contribution is -1.93. The van der Waals surface area contributed by atoms with E-state index in [-0.39, 0.29) is 0 Å². The zero-order valence-corrected chi connectivity index (χ0v) is 11.1. The number of hydrogen-bond donors (Lipinski definition) is 1. The Bertz CT molecular complexity index is 710. The van der Waals surface area contributed by atoms with Crippen LogP contribution in [0.25, 0.3) is 5.65 Å². The van der Waals surface area contributed by atoms with Crippen molar-refractivity contribution in [2.24, 2.45) is 0 Å². The number of aliphatic hydroxyl groups excluding tert-OH is 1. The molecule has 0 amide bonds. The monoisotopic (exact) mass is 272 g/mol. The molecule has 0 aromatic carbocycles. The first-order valence-electron chi connectivity index (χ1n) is 5.85. The van der Waals surface area contributed by atoms with Crippen LogP contribution >= 0.6 is 11.8 Å². The van der Waals surface area contributed by atoms with E-state index < -0.39 is 6.10 Å². The summed E-state index contributed by atoms with van der Waals surface area (Å²) >= 11 is 1.42. The van der Waals surface area contributed by atoms with Gasteiger partial charge in [0.15, 0.2) is 5.65 Å². The van der Waals surface area contributed by atoms with Gasteiger partial charge in [-0.1, -0.05) is 6.07 Å². The Labute approximate surface area is 114 Å². The molecule has 1 N–H and O–H groups in total. The molecule has 3 heterocycles. The number of pyridine rings is 2. The molecule has 0 bridgehead atoms. The fourth-order valence-corrected chi connectivity index (χ4v) is 2.55. The second kappa shape index (κ2) is 4.99. The highest BCUT2D eigenvalue weighted by Gasteiger charge is 2.09. The second-order valence-electron chi connectivity index (χ2n) is 4.12. The Morgan fingerprint density at radius 3 is 3.00 bits per heavy atom. The number of aliphatic hydroxyl groups is 1. The van der Waals surface area contributed by atoms with E-state index in [0.717, 1.165) is 21.4 Å². The van der Waals surface area contributed by atoms with Gasteiger partial charge in [-0.05, 0) is 48.5 Å². The smallest absolute Gasteiger partial charge is 0.201 e. The number of hydrogen-bond acceptors (Lipinski definition) is 5. The molecule has 6 heteroatoms. The lowest BCUT2D eigenvalue weighted by Gasteiger charge is -2.05. The lowest BCUT2D eigenvalue weighted by molar-refractivity contribution is 0.199. The summed E-state index contributed by atoms with van der Waals surface area (Å²) < 4.78 is 1.90. The summed E-state index contributed by atoms with van der Waals surface area (Å²) in [5, 5.41) is 19.3. The molecule has 96 valence electrons. The quantitative estimate of drug-likeness (QED) is 0.792. The minimum Gasteiger partial charge on any atom is -0.389 e. The minimum absolute atomic E-state index is 0.502. The number of fused-ring (bicyclic) bond motifs is 1. The highest BCUT2D eigenvalue weighted by Crippen LogP contribution is 2.26. The standard InChI is InChI=1S/C13H12N4OS/c1-9(18)10-5-6-14-12(8-10)19-13-16-15-11-4-2-3-7-17(11)13/h2-9,18H,1H3/t9-/m1/s1. The summed E-state index contributed by atoms with van der Waals surface area (Å²) in [4.78, 5) is 4.27. The molecule has 0 saturated heterocycles. The maximum absolute atomic E-state index is 9.58. The van der Waals surface area contributed by atoms with Gasteiger partial charge in [0, 0.05) is 12.4 Å². The molecular formula is C13H12N4OS. The predicted octanol–water partition coefficient (Wildman–Crippen LogP) is 2.33. The zero-order valence-electron chi connectivity index (χ0n) is 10.3. The van der Waals surface area contributed by atoms with E-state index in [4.69, 9.17) is 0 Å². The van der Waals surface area contributed by atoms with Gasteiger partial charge >= 0.3 is 0 Å². The normalized spacial score (nSPS) is 12.7. The van der Waals surface area contributed by atoms with E-state index in [1.807, 2.05) is 34.9 Å². The van der Waals surface area contributed by atoms with Crippen LogP contribution in [0.2, 0.25) is 0 Å². The molecule has 3 rings (SSSR count). The number of rotatable bonds is 3. The first-order valence-corrected chi connectivity index (χ1v) is 6.67. The first kappa shape index (κ1) is 12.1. The Balaban J connectivity index is 1.95. The van der Waals surface area contributed by atoms with Crippen molar-refractivity contribution in [3.63, 3.8) is 0 Å². The molecule has 19 heavy (non-hydrogen) atoms. The van der Waals surface area contributed by atoms with Crippen LogP contribution in [0, 0.1) is 0 Å². The van der Waals surface area contributed by atoms with Gasteiger partial charge in [0.05, 0.1) is 6.10 Å². The molecule has 0 saturated carbocycles. The van der Waals surface area contributed by atoms with E-state index in [2.05, 4.69) is 15.2 Å². The van der Waals surface area contributed by atoms with Crippen LogP contribution in [0.15, 0.2) is 52.9 Å². The van der Waals surface area contributed by atoms with Crippen LogP contribution in [0.1, 0.15) is 18.6 Å². The highest BCUT2D eigenvalue weighted by atomic mass is 32.2. The second-order valence-corrected chi connectivity index (χ2v) is 5.10.